The van der Waals surface area contributed by atoms with Gasteiger partial charge in [0.15, 0.2) is 6.10 Å². The molecular weight excluding hydrogens is 1520 g/mol. The van der Waals surface area contributed by atoms with E-state index in [1.54, 1.807) is 104 Å². The van der Waals surface area contributed by atoms with Crippen molar-refractivity contribution >= 4 is 77.4 Å². The summed E-state index contributed by atoms with van der Waals surface area (Å²) >= 11 is 0. The molecule has 2 fully saturated rings. The van der Waals surface area contributed by atoms with Gasteiger partial charge in [0.1, 0.15) is 52.9 Å². The number of nitrogens with zero attached hydrogens (tertiary/aromatic N) is 7. The Morgan fingerprint density at radius 2 is 0.638 bits per heavy atom. The van der Waals surface area contributed by atoms with E-state index in [9.17, 15) is 56.4 Å². The van der Waals surface area contributed by atoms with Crippen molar-refractivity contribution in [1.29, 1.82) is 0 Å². The number of nitrogens with one attached hydrogen (secondary N) is 2. The zero-order valence-electron chi connectivity index (χ0n) is 73.3. The molecule has 2 aromatic rings. The Bertz CT molecular complexity index is 3370. The van der Waals surface area contributed by atoms with Gasteiger partial charge in [-0.1, -0.05) is 60.7 Å². The van der Waals surface area contributed by atoms with Gasteiger partial charge in [-0.2, -0.15) is 8.42 Å². The average molecular weight is 1660 g/mol. The third kappa shape index (κ3) is 53.8. The minimum atomic E-state index is -3.88. The fourth-order valence-corrected chi connectivity index (χ4v) is 11.9. The maximum absolute atomic E-state index is 14.1. The van der Waals surface area contributed by atoms with Gasteiger partial charge in [-0.25, -0.2) is 4.79 Å². The van der Waals surface area contributed by atoms with E-state index in [1.165, 1.54) is 0 Å². The summed E-state index contributed by atoms with van der Waals surface area (Å²) in [5.41, 5.74) is -3.29. The van der Waals surface area contributed by atoms with E-state index in [-0.39, 0.29) is 129 Å². The second-order valence-electron chi connectivity index (χ2n) is 35.4. The van der Waals surface area contributed by atoms with Crippen LogP contribution in [-0.2, 0) is 123 Å². The zero-order chi connectivity index (χ0) is 87.9. The summed E-state index contributed by atoms with van der Waals surface area (Å²) in [7, 11) is 1.20. The normalized spacial score (nSPS) is 16.7. The van der Waals surface area contributed by atoms with Crippen LogP contribution in [0.3, 0.4) is 0 Å². The molecule has 116 heavy (non-hydrogen) atoms. The molecule has 4 rings (SSSR count). The number of hydrogen-bond donors (Lipinski definition) is 2. The molecule has 2 N–H and O–H groups in total. The summed E-state index contributed by atoms with van der Waals surface area (Å²) in [4.78, 5) is 145. The Labute approximate surface area is 690 Å². The molecule has 1 radical (unpaired) electrons. The monoisotopic (exact) mass is 1660 g/mol. The van der Waals surface area contributed by atoms with E-state index < -0.39 is 115 Å². The first-order chi connectivity index (χ1) is 53.5. The van der Waals surface area contributed by atoms with Gasteiger partial charge in [0.2, 0.25) is 0 Å². The van der Waals surface area contributed by atoms with Crippen molar-refractivity contribution in [3.63, 3.8) is 0 Å². The fraction of sp³-hybridized carbons (Fsp3) is 0.732. The van der Waals surface area contributed by atoms with Crippen molar-refractivity contribution in [2.24, 2.45) is 5.06 Å². The van der Waals surface area contributed by atoms with Crippen LogP contribution in [0, 0.1) is 0 Å². The maximum atomic E-state index is 14.1. The second kappa shape index (κ2) is 50.5. The summed E-state index contributed by atoms with van der Waals surface area (Å²) in [6.45, 7) is 46.1. The predicted molar refractivity (Wildman–Crippen MR) is 437 cm³/mol. The first kappa shape index (κ1) is 105. The molecule has 32 nitrogen and oxygen atoms in total. The van der Waals surface area contributed by atoms with Crippen LogP contribution in [0.1, 0.15) is 195 Å². The van der Waals surface area contributed by atoms with Crippen LogP contribution in [0.25, 0.3) is 0 Å². The molecule has 34 heteroatoms. The number of hydrogen-bond acceptors (Lipinski definition) is 32. The Morgan fingerprint density at radius 3 is 0.914 bits per heavy atom. The first-order valence-electron chi connectivity index (χ1n) is 39.8. The van der Waals surface area contributed by atoms with Gasteiger partial charge in [-0.15, -0.1) is 0 Å². The number of rotatable bonds is 29. The summed E-state index contributed by atoms with van der Waals surface area (Å²) < 4.78 is 77.2. The summed E-state index contributed by atoms with van der Waals surface area (Å²) in [5, 5.41) is 9.77. The summed E-state index contributed by atoms with van der Waals surface area (Å²) in [5.74, 6) is -5.05. The molecule has 2 saturated heterocycles. The third-order valence-electron chi connectivity index (χ3n) is 16.0. The van der Waals surface area contributed by atoms with Gasteiger partial charge in [0, 0.05) is 65.2 Å². The molecule has 0 bridgehead atoms. The number of carbonyl (C=O) groups is 10. The zero-order valence-corrected chi connectivity index (χ0v) is 74.1. The van der Waals surface area contributed by atoms with Crippen molar-refractivity contribution in [2.45, 2.75) is 255 Å². The quantitative estimate of drug-likeness (QED) is 0.0270. The average Bonchev–Trinajstić information content (AvgIpc) is 0.849. The van der Waals surface area contributed by atoms with E-state index in [4.69, 9.17) is 54.5 Å². The number of benzene rings is 2. The van der Waals surface area contributed by atoms with E-state index >= 15 is 0 Å². The minimum absolute atomic E-state index is 0.000523. The SMILES string of the molecule is CC(C)(C)OC(=O)CN1CCNCCN(CC(=O)OC(C)(C)C)CCNCC1.CC(C)(C)OC(=O)[C@@H](CCC(=O)OCc1ccccc1)OS(C)(=O)=O.[B]=NOC(=O)CC[C@H](C(=O)OC(C)(C)C)N1CCN(CC(=O)OC(C)(C)C)CCN([C@H](CCC(=O)OCc2ccccc2)C(=O)OC(C)(C)C)CCN(CC(=O)OC(C)(C)C)CC1. The van der Waals surface area contributed by atoms with E-state index in [0.29, 0.717) is 13.1 Å². The van der Waals surface area contributed by atoms with Gasteiger partial charge in [0.05, 0.1) is 19.3 Å². The molecule has 0 amide bonds. The Morgan fingerprint density at radius 1 is 0.371 bits per heavy atom. The van der Waals surface area contributed by atoms with E-state index in [1.807, 2.05) is 122 Å². The van der Waals surface area contributed by atoms with Crippen LogP contribution in [0.4, 0.5) is 0 Å². The fourth-order valence-electron chi connectivity index (χ4n) is 11.3. The second-order valence-corrected chi connectivity index (χ2v) is 37.0. The third-order valence-corrected chi connectivity index (χ3v) is 16.6. The van der Waals surface area contributed by atoms with Crippen LogP contribution >= 0.6 is 0 Å². The van der Waals surface area contributed by atoms with Gasteiger partial charge < -0.3 is 48.5 Å². The van der Waals surface area contributed by atoms with Crippen molar-refractivity contribution < 1.29 is 108 Å². The number of ether oxygens (including phenoxy) is 9. The first-order valence-corrected chi connectivity index (χ1v) is 41.6. The van der Waals surface area contributed by atoms with Gasteiger partial charge in [-0.3, -0.25) is 52.4 Å². The Kier molecular flexibility index (Phi) is 45.6. The Hall–Kier alpha value is -7.41. The predicted octanol–water partition coefficient (Wildman–Crippen LogP) is 7.09. The van der Waals surface area contributed by atoms with Gasteiger partial charge in [-0.05, 0) is 149 Å². The molecule has 2 heterocycles. The van der Waals surface area contributed by atoms with Crippen molar-refractivity contribution in [3.05, 3.63) is 71.8 Å². The van der Waals surface area contributed by atoms with Crippen LogP contribution < -0.4 is 10.6 Å². The topological polar surface area (TPSA) is 362 Å². The molecule has 0 aliphatic carbocycles. The van der Waals surface area contributed by atoms with Crippen molar-refractivity contribution in [3.8, 4) is 0 Å². The molecule has 3 atom stereocenters. The molecule has 0 unspecified atom stereocenters. The van der Waals surface area contributed by atoms with Crippen LogP contribution in [0.2, 0.25) is 0 Å². The van der Waals surface area contributed by atoms with Crippen LogP contribution in [-0.4, -0.2) is 300 Å². The molecular formula is C82H137BN9O23S. The van der Waals surface area contributed by atoms with Crippen LogP contribution in [0.15, 0.2) is 65.7 Å². The standard InChI is InChI=1S/C45H73BN5O12.C20H40N4O4.C17H24O7S/c1-42(2,3)59-38(54)30-48-22-26-50(34(40(56)61-44(7,8)9)18-20-36(52)58-32-33-16-14-13-15-17-33)27-23-49(31-39(55)60-43(4,5)6)25-29-51(28-24-48)35(19-21-37(53)63-47-46)41(57)62-45(10,11)12;1-19(2,3)27-17(25)15-23-11-7-21-9-13-24(14-10-22-8-12-23)16-18(26)28-20(4,5)6;1-17(2,3)23-16(19)14(24-25(4,20)21)10-11-15(18)22-12-13-8-6-5-7-9-13/h13-17,34-35H,18-32H2,1-12H3;21-22H,7-16H2,1-6H3;5-9,14H,10-12H2,1-4H3/t34-,35-;;14-/m1.1/s1. The molecule has 2 aromatic carbocycles. The molecule has 2 aliphatic heterocycles. The molecule has 657 valence electrons. The van der Waals surface area contributed by atoms with Crippen LogP contribution in [0.5, 0.6) is 0 Å². The van der Waals surface area contributed by atoms with Gasteiger partial charge >= 0.3 is 217 Å². The molecule has 2 aliphatic rings. The van der Waals surface area contributed by atoms with Gasteiger partial charge in [0.25, 0.3) is 10.1 Å². The number of esters is 9. The van der Waals surface area contributed by atoms with E-state index in [0.717, 1.165) is 69.7 Å². The molecule has 0 saturated carbocycles. The Balaban J connectivity index is 0.000000702. The van der Waals surface area contributed by atoms with Crippen molar-refractivity contribution in [1.82, 2.24) is 40.0 Å². The summed E-state index contributed by atoms with van der Waals surface area (Å²) in [6.07, 6.45) is -1.10. The summed E-state index contributed by atoms with van der Waals surface area (Å²) in [6, 6.07) is 16.5. The molecule has 0 aromatic heterocycles. The van der Waals surface area contributed by atoms with Crippen molar-refractivity contribution in [2.75, 3.05) is 137 Å². The van der Waals surface area contributed by atoms with E-state index in [2.05, 4.69) is 30.3 Å². The molecule has 0 spiro atoms. The number of carbonyl (C=O) groups excluding carboxylic acids is 10.